The van der Waals surface area contributed by atoms with Crippen LogP contribution in [-0.4, -0.2) is 31.7 Å². The molecule has 136 valence electrons. The number of para-hydroxylation sites is 1. The van der Waals surface area contributed by atoms with Gasteiger partial charge in [-0.3, -0.25) is 4.79 Å². The number of benzene rings is 1. The summed E-state index contributed by atoms with van der Waals surface area (Å²) in [7, 11) is 0. The fraction of sp³-hybridized carbons (Fsp3) is 0.250. The molecule has 4 aromatic rings. The molecule has 4 heterocycles. The molecule has 0 unspecified atom stereocenters. The van der Waals surface area contributed by atoms with Gasteiger partial charge in [0.2, 0.25) is 5.91 Å². The molecule has 1 atom stereocenters. The Morgan fingerprint density at radius 1 is 1.22 bits per heavy atom. The lowest BCUT2D eigenvalue weighted by Crippen LogP contribution is -2.28. The van der Waals surface area contributed by atoms with Crippen molar-refractivity contribution in [1.82, 2.24) is 25.1 Å². The van der Waals surface area contributed by atoms with Gasteiger partial charge in [-0.1, -0.05) is 24.3 Å². The van der Waals surface area contributed by atoms with Crippen molar-refractivity contribution in [2.24, 2.45) is 0 Å². The Labute approximate surface area is 160 Å². The van der Waals surface area contributed by atoms with Gasteiger partial charge in [-0.2, -0.15) is 5.10 Å². The summed E-state index contributed by atoms with van der Waals surface area (Å²) < 4.78 is 1.98. The van der Waals surface area contributed by atoms with E-state index in [9.17, 15) is 4.79 Å². The highest BCUT2D eigenvalue weighted by molar-refractivity contribution is 7.09. The number of rotatable bonds is 5. The second kappa shape index (κ2) is 6.66. The Kier molecular flexibility index (Phi) is 4.01. The Morgan fingerprint density at radius 2 is 2.15 bits per heavy atom. The molecule has 27 heavy (non-hydrogen) atoms. The smallest absolute Gasteiger partial charge is 0.220 e. The van der Waals surface area contributed by atoms with Crippen LogP contribution in [0.2, 0.25) is 0 Å². The standard InChI is InChI=1S/C20H19N5OS/c26-19-8-7-13(22-19)10-18-23-20(24-25(18)12-14-4-3-9-27-14)16-11-21-17-6-2-1-5-15(16)17/h1-6,9,11,13,21H,7-8,10,12H2,(H,22,26)/t13-/m1/s1. The minimum atomic E-state index is 0.126. The summed E-state index contributed by atoms with van der Waals surface area (Å²) in [5.41, 5.74) is 2.08. The van der Waals surface area contributed by atoms with Gasteiger partial charge in [0.05, 0.1) is 6.54 Å². The van der Waals surface area contributed by atoms with E-state index in [1.807, 2.05) is 29.1 Å². The Balaban J connectivity index is 1.53. The molecule has 7 heteroatoms. The highest BCUT2D eigenvalue weighted by Crippen LogP contribution is 2.27. The molecule has 0 bridgehead atoms. The number of thiophene rings is 1. The van der Waals surface area contributed by atoms with Crippen LogP contribution in [0.1, 0.15) is 23.5 Å². The number of carbonyl (C=O) groups is 1. The van der Waals surface area contributed by atoms with Crippen molar-refractivity contribution in [3.63, 3.8) is 0 Å². The van der Waals surface area contributed by atoms with Gasteiger partial charge >= 0.3 is 0 Å². The highest BCUT2D eigenvalue weighted by atomic mass is 32.1. The maximum absolute atomic E-state index is 11.6. The molecule has 0 spiro atoms. The van der Waals surface area contributed by atoms with Crippen LogP contribution in [0.15, 0.2) is 48.0 Å². The summed E-state index contributed by atoms with van der Waals surface area (Å²) in [6.07, 6.45) is 4.12. The molecule has 1 fully saturated rings. The topological polar surface area (TPSA) is 75.6 Å². The minimum absolute atomic E-state index is 0.126. The number of nitrogens with zero attached hydrogens (tertiary/aromatic N) is 3. The van der Waals surface area contributed by atoms with E-state index >= 15 is 0 Å². The van der Waals surface area contributed by atoms with E-state index in [4.69, 9.17) is 10.1 Å². The van der Waals surface area contributed by atoms with Crippen LogP contribution >= 0.6 is 11.3 Å². The number of aromatic amines is 1. The number of aromatic nitrogens is 4. The first-order valence-corrected chi connectivity index (χ1v) is 9.96. The summed E-state index contributed by atoms with van der Waals surface area (Å²) in [4.78, 5) is 21.0. The van der Waals surface area contributed by atoms with E-state index < -0.39 is 0 Å². The van der Waals surface area contributed by atoms with E-state index in [1.54, 1.807) is 11.3 Å². The zero-order valence-corrected chi connectivity index (χ0v) is 15.5. The van der Waals surface area contributed by atoms with Crippen LogP contribution in [0, 0.1) is 0 Å². The van der Waals surface area contributed by atoms with Crippen molar-refractivity contribution < 1.29 is 4.79 Å². The number of H-pyrrole nitrogens is 1. The second-order valence-corrected chi connectivity index (χ2v) is 7.88. The van der Waals surface area contributed by atoms with Crippen LogP contribution in [0.5, 0.6) is 0 Å². The number of amides is 1. The number of hydrogen-bond donors (Lipinski definition) is 2. The summed E-state index contributed by atoms with van der Waals surface area (Å²) in [5, 5.41) is 11.0. The van der Waals surface area contributed by atoms with E-state index in [-0.39, 0.29) is 11.9 Å². The molecule has 1 aliphatic heterocycles. The molecule has 1 amide bonds. The summed E-state index contributed by atoms with van der Waals surface area (Å²) in [6, 6.07) is 12.5. The van der Waals surface area contributed by atoms with Gasteiger partial charge in [-0.05, 0) is 23.9 Å². The van der Waals surface area contributed by atoms with Crippen molar-refractivity contribution >= 4 is 28.1 Å². The van der Waals surface area contributed by atoms with Gasteiger partial charge < -0.3 is 10.3 Å². The van der Waals surface area contributed by atoms with Gasteiger partial charge in [0.25, 0.3) is 0 Å². The molecule has 0 radical (unpaired) electrons. The van der Waals surface area contributed by atoms with Gasteiger partial charge in [0.1, 0.15) is 5.82 Å². The normalized spacial score (nSPS) is 16.9. The lowest BCUT2D eigenvalue weighted by Gasteiger charge is -2.10. The fourth-order valence-electron chi connectivity index (χ4n) is 3.62. The molecule has 0 aliphatic carbocycles. The van der Waals surface area contributed by atoms with Crippen LogP contribution in [0.3, 0.4) is 0 Å². The van der Waals surface area contributed by atoms with E-state index in [2.05, 4.69) is 33.9 Å². The van der Waals surface area contributed by atoms with Crippen molar-refractivity contribution in [2.75, 3.05) is 0 Å². The fourth-order valence-corrected chi connectivity index (χ4v) is 4.31. The van der Waals surface area contributed by atoms with Crippen molar-refractivity contribution in [3.05, 3.63) is 58.7 Å². The average molecular weight is 377 g/mol. The van der Waals surface area contributed by atoms with Crippen molar-refractivity contribution in [3.8, 4) is 11.4 Å². The van der Waals surface area contributed by atoms with Crippen LogP contribution < -0.4 is 5.32 Å². The predicted octanol–water partition coefficient (Wildman–Crippen LogP) is 3.36. The van der Waals surface area contributed by atoms with E-state index in [1.165, 1.54) is 4.88 Å². The molecule has 3 aromatic heterocycles. The van der Waals surface area contributed by atoms with E-state index in [0.29, 0.717) is 19.4 Å². The first-order valence-electron chi connectivity index (χ1n) is 9.08. The van der Waals surface area contributed by atoms with Crippen LogP contribution in [-0.2, 0) is 17.8 Å². The molecule has 1 aromatic carbocycles. The molecule has 2 N–H and O–H groups in total. The molecule has 6 nitrogen and oxygen atoms in total. The molecule has 1 saturated heterocycles. The lowest BCUT2D eigenvalue weighted by molar-refractivity contribution is -0.119. The molecule has 5 rings (SSSR count). The third-order valence-corrected chi connectivity index (χ3v) is 5.84. The average Bonchev–Trinajstić information content (AvgIpc) is 3.44. The van der Waals surface area contributed by atoms with Crippen molar-refractivity contribution in [2.45, 2.75) is 31.8 Å². The Hall–Kier alpha value is -2.93. The summed E-state index contributed by atoms with van der Waals surface area (Å²) in [5.74, 6) is 1.76. The van der Waals surface area contributed by atoms with Gasteiger partial charge in [-0.15, -0.1) is 11.3 Å². The monoisotopic (exact) mass is 377 g/mol. The minimum Gasteiger partial charge on any atom is -0.360 e. The Morgan fingerprint density at radius 3 is 2.96 bits per heavy atom. The van der Waals surface area contributed by atoms with Crippen LogP contribution in [0.25, 0.3) is 22.3 Å². The maximum atomic E-state index is 11.6. The van der Waals surface area contributed by atoms with Crippen molar-refractivity contribution in [1.29, 1.82) is 0 Å². The third-order valence-electron chi connectivity index (χ3n) is 4.98. The maximum Gasteiger partial charge on any atom is 0.220 e. The SMILES string of the molecule is O=C1CC[C@H](Cc2nc(-c3c[nH]c4ccccc34)nn2Cc2cccs2)N1. The third kappa shape index (κ3) is 3.14. The summed E-state index contributed by atoms with van der Waals surface area (Å²) in [6.45, 7) is 0.697. The molecule has 1 aliphatic rings. The highest BCUT2D eigenvalue weighted by Gasteiger charge is 2.24. The zero-order chi connectivity index (χ0) is 18.2. The number of nitrogens with one attached hydrogen (secondary N) is 2. The summed E-state index contributed by atoms with van der Waals surface area (Å²) >= 11 is 1.71. The molecular formula is C20H19N5OS. The quantitative estimate of drug-likeness (QED) is 0.560. The number of carbonyl (C=O) groups excluding carboxylic acids is 1. The van der Waals surface area contributed by atoms with E-state index in [0.717, 1.165) is 34.5 Å². The molecule has 0 saturated carbocycles. The second-order valence-electron chi connectivity index (χ2n) is 6.84. The predicted molar refractivity (Wildman–Crippen MR) is 106 cm³/mol. The Bertz CT molecular complexity index is 1090. The lowest BCUT2D eigenvalue weighted by atomic mass is 10.1. The van der Waals surface area contributed by atoms with Crippen LogP contribution in [0.4, 0.5) is 0 Å². The number of fused-ring (bicyclic) bond motifs is 1. The zero-order valence-electron chi connectivity index (χ0n) is 14.7. The first-order chi connectivity index (χ1) is 13.3. The molecular weight excluding hydrogens is 358 g/mol. The van der Waals surface area contributed by atoms with Gasteiger partial charge in [0, 0.05) is 46.4 Å². The van der Waals surface area contributed by atoms with Gasteiger partial charge in [0.15, 0.2) is 5.82 Å². The first kappa shape index (κ1) is 16.3. The largest absolute Gasteiger partial charge is 0.360 e. The number of hydrogen-bond acceptors (Lipinski definition) is 4. The van der Waals surface area contributed by atoms with Gasteiger partial charge in [-0.25, -0.2) is 9.67 Å².